The highest BCUT2D eigenvalue weighted by molar-refractivity contribution is 7.92. The zero-order valence-electron chi connectivity index (χ0n) is 22.9. The largest absolute Gasteiger partial charge is 0.354 e. The van der Waals surface area contributed by atoms with Gasteiger partial charge in [0.25, 0.3) is 10.0 Å². The molecule has 1 atom stereocenters. The number of nitrogens with one attached hydrogen (secondary N) is 1. The summed E-state index contributed by atoms with van der Waals surface area (Å²) < 4.78 is 28.8. The molecule has 1 N–H and O–H groups in total. The molecule has 39 heavy (non-hydrogen) atoms. The fraction of sp³-hybridized carbons (Fsp3) is 0.333. The van der Waals surface area contributed by atoms with Crippen molar-refractivity contribution in [1.82, 2.24) is 10.2 Å². The van der Waals surface area contributed by atoms with Crippen LogP contribution in [0.3, 0.4) is 0 Å². The molecular weight excluding hydrogens is 534 g/mol. The van der Waals surface area contributed by atoms with Crippen LogP contribution < -0.4 is 9.62 Å². The van der Waals surface area contributed by atoms with Gasteiger partial charge < -0.3 is 10.2 Å². The van der Waals surface area contributed by atoms with Crippen molar-refractivity contribution in [2.45, 2.75) is 58.0 Å². The molecule has 2 amide bonds. The van der Waals surface area contributed by atoms with Gasteiger partial charge >= 0.3 is 0 Å². The van der Waals surface area contributed by atoms with Crippen molar-refractivity contribution in [3.63, 3.8) is 0 Å². The molecule has 0 heterocycles. The summed E-state index contributed by atoms with van der Waals surface area (Å²) >= 11 is 6.26. The molecule has 0 spiro atoms. The molecule has 3 rings (SSSR count). The van der Waals surface area contributed by atoms with Gasteiger partial charge in [-0.2, -0.15) is 0 Å². The van der Waals surface area contributed by atoms with Crippen molar-refractivity contribution in [1.29, 1.82) is 0 Å². The predicted molar refractivity (Wildman–Crippen MR) is 156 cm³/mol. The third-order valence-electron chi connectivity index (χ3n) is 6.65. The van der Waals surface area contributed by atoms with Gasteiger partial charge in [0.15, 0.2) is 0 Å². The molecular formula is C30H36ClN3O4S. The van der Waals surface area contributed by atoms with Gasteiger partial charge in [0.05, 0.1) is 10.6 Å². The summed E-state index contributed by atoms with van der Waals surface area (Å²) in [4.78, 5) is 28.5. The standard InChI is InChI=1S/C30H36ClN3O4S/c1-5-6-18-32-30(36)24(4)33(20-25-13-11-10-12-22(25)2)29(35)21-34(28-19-26(31)17-16-23(28)3)39(37,38)27-14-8-7-9-15-27/h7-17,19,24H,5-6,18,20-21H2,1-4H3,(H,32,36)/t24-/m0/s1. The second kappa shape index (κ2) is 13.6. The first kappa shape index (κ1) is 30.2. The molecule has 0 aliphatic rings. The Bertz CT molecular complexity index is 1400. The van der Waals surface area contributed by atoms with Crippen LogP contribution in [0.5, 0.6) is 0 Å². The molecule has 0 aromatic heterocycles. The van der Waals surface area contributed by atoms with E-state index < -0.39 is 28.5 Å². The average molecular weight is 570 g/mol. The van der Waals surface area contributed by atoms with E-state index in [1.54, 1.807) is 44.2 Å². The van der Waals surface area contributed by atoms with E-state index in [9.17, 15) is 18.0 Å². The van der Waals surface area contributed by atoms with Crippen LogP contribution in [-0.4, -0.2) is 44.3 Å². The number of halogens is 1. The van der Waals surface area contributed by atoms with Crippen molar-refractivity contribution in [2.24, 2.45) is 0 Å². The number of nitrogens with zero attached hydrogens (tertiary/aromatic N) is 2. The number of carbonyl (C=O) groups excluding carboxylic acids is 2. The zero-order valence-corrected chi connectivity index (χ0v) is 24.4. The molecule has 0 aliphatic heterocycles. The first-order valence-electron chi connectivity index (χ1n) is 13.0. The molecule has 0 radical (unpaired) electrons. The van der Waals surface area contributed by atoms with Crippen LogP contribution in [0.1, 0.15) is 43.4 Å². The highest BCUT2D eigenvalue weighted by Crippen LogP contribution is 2.30. The fourth-order valence-corrected chi connectivity index (χ4v) is 5.83. The second-order valence-electron chi connectivity index (χ2n) is 9.52. The van der Waals surface area contributed by atoms with Crippen LogP contribution in [0.2, 0.25) is 5.02 Å². The second-order valence-corrected chi connectivity index (χ2v) is 11.8. The smallest absolute Gasteiger partial charge is 0.264 e. The summed E-state index contributed by atoms with van der Waals surface area (Å²) in [7, 11) is -4.14. The van der Waals surface area contributed by atoms with Gasteiger partial charge in [-0.05, 0) is 68.1 Å². The summed E-state index contributed by atoms with van der Waals surface area (Å²) in [5, 5.41) is 3.24. The lowest BCUT2D eigenvalue weighted by atomic mass is 10.1. The Morgan fingerprint density at radius 1 is 0.949 bits per heavy atom. The minimum absolute atomic E-state index is 0.0491. The van der Waals surface area contributed by atoms with Gasteiger partial charge in [0.1, 0.15) is 12.6 Å². The van der Waals surface area contributed by atoms with Crippen LogP contribution in [-0.2, 0) is 26.2 Å². The van der Waals surface area contributed by atoms with Crippen molar-refractivity contribution in [3.8, 4) is 0 Å². The summed E-state index contributed by atoms with van der Waals surface area (Å²) in [5.41, 5.74) is 2.78. The minimum Gasteiger partial charge on any atom is -0.354 e. The lowest BCUT2D eigenvalue weighted by molar-refractivity contribution is -0.139. The number of unbranched alkanes of at least 4 members (excludes halogenated alkanes) is 1. The molecule has 7 nitrogen and oxygen atoms in total. The van der Waals surface area contributed by atoms with E-state index in [4.69, 9.17) is 11.6 Å². The normalized spacial score (nSPS) is 12.0. The van der Waals surface area contributed by atoms with Gasteiger partial charge in [0.2, 0.25) is 11.8 Å². The van der Waals surface area contributed by atoms with Crippen LogP contribution in [0.4, 0.5) is 5.69 Å². The number of rotatable bonds is 12. The first-order valence-corrected chi connectivity index (χ1v) is 14.8. The summed E-state index contributed by atoms with van der Waals surface area (Å²) in [6.07, 6.45) is 1.74. The zero-order chi connectivity index (χ0) is 28.6. The van der Waals surface area contributed by atoms with E-state index in [0.717, 1.165) is 28.3 Å². The number of sulfonamides is 1. The van der Waals surface area contributed by atoms with Crippen LogP contribution in [0.15, 0.2) is 77.7 Å². The molecule has 3 aromatic carbocycles. The van der Waals surface area contributed by atoms with Crippen molar-refractivity contribution in [2.75, 3.05) is 17.4 Å². The van der Waals surface area contributed by atoms with Crippen LogP contribution >= 0.6 is 11.6 Å². The molecule has 3 aromatic rings. The van der Waals surface area contributed by atoms with E-state index in [0.29, 0.717) is 22.8 Å². The lowest BCUT2D eigenvalue weighted by Gasteiger charge is -2.32. The van der Waals surface area contributed by atoms with Crippen molar-refractivity contribution >= 4 is 39.1 Å². The Morgan fingerprint density at radius 2 is 1.62 bits per heavy atom. The third kappa shape index (κ3) is 7.61. The Kier molecular flexibility index (Phi) is 10.5. The van der Waals surface area contributed by atoms with Gasteiger partial charge in [-0.1, -0.05) is 73.5 Å². The molecule has 0 unspecified atom stereocenters. The van der Waals surface area contributed by atoms with Crippen LogP contribution in [0.25, 0.3) is 0 Å². The molecule has 0 saturated carbocycles. The van der Waals surface area contributed by atoms with Gasteiger partial charge in [-0.15, -0.1) is 0 Å². The maximum atomic E-state index is 14.0. The highest BCUT2D eigenvalue weighted by Gasteiger charge is 2.33. The lowest BCUT2D eigenvalue weighted by Crippen LogP contribution is -2.51. The molecule has 208 valence electrons. The summed E-state index contributed by atoms with van der Waals surface area (Å²) in [5.74, 6) is -0.794. The maximum absolute atomic E-state index is 14.0. The van der Waals surface area contributed by atoms with Crippen molar-refractivity contribution in [3.05, 3.63) is 94.5 Å². The highest BCUT2D eigenvalue weighted by atomic mass is 35.5. The Balaban J connectivity index is 2.04. The molecule has 0 aliphatic carbocycles. The summed E-state index contributed by atoms with van der Waals surface area (Å²) in [6, 6.07) is 19.7. The first-order chi connectivity index (χ1) is 18.6. The van der Waals surface area contributed by atoms with E-state index >= 15 is 0 Å². The monoisotopic (exact) mass is 569 g/mol. The number of benzene rings is 3. The minimum atomic E-state index is -4.14. The molecule has 0 bridgehead atoms. The fourth-order valence-electron chi connectivity index (χ4n) is 4.17. The average Bonchev–Trinajstić information content (AvgIpc) is 2.92. The molecule has 9 heteroatoms. The Morgan fingerprint density at radius 3 is 2.28 bits per heavy atom. The number of hydrogen-bond acceptors (Lipinski definition) is 4. The predicted octanol–water partition coefficient (Wildman–Crippen LogP) is 5.49. The van der Waals surface area contributed by atoms with E-state index in [1.165, 1.54) is 23.1 Å². The quantitative estimate of drug-likeness (QED) is 0.292. The van der Waals surface area contributed by atoms with Gasteiger partial charge in [-0.25, -0.2) is 8.42 Å². The maximum Gasteiger partial charge on any atom is 0.264 e. The van der Waals surface area contributed by atoms with Gasteiger partial charge in [0, 0.05) is 18.1 Å². The number of aryl methyl sites for hydroxylation is 2. The summed E-state index contributed by atoms with van der Waals surface area (Å²) in [6.45, 7) is 7.55. The topological polar surface area (TPSA) is 86.8 Å². The van der Waals surface area contributed by atoms with E-state index in [1.807, 2.05) is 38.1 Å². The third-order valence-corrected chi connectivity index (χ3v) is 8.66. The number of amides is 2. The Labute approximate surface area is 236 Å². The number of carbonyl (C=O) groups is 2. The molecule has 0 fully saturated rings. The number of hydrogen-bond donors (Lipinski definition) is 1. The SMILES string of the molecule is CCCCNC(=O)[C@H](C)N(Cc1ccccc1C)C(=O)CN(c1cc(Cl)ccc1C)S(=O)(=O)c1ccccc1. The van der Waals surface area contributed by atoms with E-state index in [2.05, 4.69) is 5.32 Å². The molecule has 0 saturated heterocycles. The Hall–Kier alpha value is -3.36. The van der Waals surface area contributed by atoms with Gasteiger partial charge in [-0.3, -0.25) is 13.9 Å². The number of anilines is 1. The van der Waals surface area contributed by atoms with Crippen LogP contribution in [0, 0.1) is 13.8 Å². The van der Waals surface area contributed by atoms with Crippen molar-refractivity contribution < 1.29 is 18.0 Å². The van der Waals surface area contributed by atoms with E-state index in [-0.39, 0.29) is 17.3 Å².